The predicted octanol–water partition coefficient (Wildman–Crippen LogP) is 8.04. The molecule has 0 unspecified atom stereocenters. The molecule has 0 spiro atoms. The van der Waals surface area contributed by atoms with E-state index in [2.05, 4.69) is 70.3 Å². The maximum Gasteiger partial charge on any atom is 0.250 e. The molecule has 6 rings (SSSR count). The predicted molar refractivity (Wildman–Crippen MR) is 133 cm³/mol. The number of methoxy groups -OCH3 is 1. The van der Waals surface area contributed by atoms with Crippen LogP contribution in [-0.2, 0) is 4.74 Å². The van der Waals surface area contributed by atoms with Gasteiger partial charge in [-0.2, -0.15) is 0 Å². The number of fused-ring (bicyclic) bond motifs is 1. The Morgan fingerprint density at radius 3 is 2.00 bits per heavy atom. The molecule has 0 N–H and O–H groups in total. The monoisotopic (exact) mass is 434 g/mol. The standard InChI is InChI=1S/C28H38O2Si/c1-28(2,3)31(5,6)30-25-10-9-20-16-22(8-7-21(20)17-25)27(29-4)26-23-12-18-11-19(14-23)15-24(26)13-18/h7-10,16-19,23-24H,11-15H2,1-6H3. The topological polar surface area (TPSA) is 18.5 Å². The van der Waals surface area contributed by atoms with Crippen LogP contribution in [0.4, 0.5) is 0 Å². The molecule has 2 aromatic carbocycles. The van der Waals surface area contributed by atoms with E-state index in [1.165, 1.54) is 48.4 Å². The molecule has 31 heavy (non-hydrogen) atoms. The summed E-state index contributed by atoms with van der Waals surface area (Å²) >= 11 is 0. The lowest BCUT2D eigenvalue weighted by Gasteiger charge is -2.51. The average molecular weight is 435 g/mol. The fourth-order valence-electron chi connectivity index (χ4n) is 6.34. The first-order valence-corrected chi connectivity index (χ1v) is 15.1. The Kier molecular flexibility index (Phi) is 5.04. The van der Waals surface area contributed by atoms with Crippen molar-refractivity contribution in [1.29, 1.82) is 0 Å². The molecule has 2 aromatic rings. The van der Waals surface area contributed by atoms with E-state index in [9.17, 15) is 0 Å². The summed E-state index contributed by atoms with van der Waals surface area (Å²) in [6.07, 6.45) is 7.03. The highest BCUT2D eigenvalue weighted by molar-refractivity contribution is 6.74. The number of ether oxygens (including phenoxy) is 1. The molecule has 4 aliphatic carbocycles. The summed E-state index contributed by atoms with van der Waals surface area (Å²) in [5.41, 5.74) is 2.88. The minimum absolute atomic E-state index is 0.198. The van der Waals surface area contributed by atoms with Crippen molar-refractivity contribution in [3.63, 3.8) is 0 Å². The average Bonchev–Trinajstić information content (AvgIpc) is 2.68. The zero-order valence-corrected chi connectivity index (χ0v) is 21.1. The number of rotatable bonds is 4. The Bertz CT molecular complexity index is 997. The van der Waals surface area contributed by atoms with Gasteiger partial charge in [-0.3, -0.25) is 0 Å². The van der Waals surface area contributed by atoms with Gasteiger partial charge in [0.15, 0.2) is 0 Å². The van der Waals surface area contributed by atoms with Crippen LogP contribution >= 0.6 is 0 Å². The van der Waals surface area contributed by atoms with Gasteiger partial charge in [0.1, 0.15) is 11.5 Å². The van der Waals surface area contributed by atoms with Gasteiger partial charge in [-0.05, 0) is 108 Å². The third kappa shape index (κ3) is 3.73. The highest BCUT2D eigenvalue weighted by Crippen LogP contribution is 2.58. The van der Waals surface area contributed by atoms with E-state index >= 15 is 0 Å². The summed E-state index contributed by atoms with van der Waals surface area (Å²) in [5.74, 6) is 5.61. The summed E-state index contributed by atoms with van der Waals surface area (Å²) in [4.78, 5) is 0. The van der Waals surface area contributed by atoms with E-state index in [0.29, 0.717) is 0 Å². The van der Waals surface area contributed by atoms with Crippen molar-refractivity contribution in [2.24, 2.45) is 23.7 Å². The molecule has 0 saturated heterocycles. The highest BCUT2D eigenvalue weighted by atomic mass is 28.4. The molecule has 0 amide bonds. The van der Waals surface area contributed by atoms with E-state index in [0.717, 1.165) is 35.2 Å². The zero-order chi connectivity index (χ0) is 22.0. The van der Waals surface area contributed by atoms with Crippen molar-refractivity contribution >= 4 is 24.8 Å². The van der Waals surface area contributed by atoms with Crippen molar-refractivity contribution in [2.75, 3.05) is 7.11 Å². The van der Waals surface area contributed by atoms with Crippen molar-refractivity contribution in [1.82, 2.24) is 0 Å². The van der Waals surface area contributed by atoms with Gasteiger partial charge < -0.3 is 9.16 Å². The number of hydrogen-bond donors (Lipinski definition) is 0. The van der Waals surface area contributed by atoms with Gasteiger partial charge in [0.05, 0.1) is 7.11 Å². The quantitative estimate of drug-likeness (QED) is 0.358. The molecule has 0 radical (unpaired) electrons. The summed E-state index contributed by atoms with van der Waals surface area (Å²) in [5, 5.41) is 2.70. The van der Waals surface area contributed by atoms with Gasteiger partial charge in [0.25, 0.3) is 0 Å². The Morgan fingerprint density at radius 1 is 0.839 bits per heavy atom. The molecular formula is C28H38O2Si. The molecule has 0 heterocycles. The van der Waals surface area contributed by atoms with Gasteiger partial charge in [-0.1, -0.05) is 39.0 Å². The summed E-state index contributed by atoms with van der Waals surface area (Å²) in [6, 6.07) is 13.4. The van der Waals surface area contributed by atoms with E-state index < -0.39 is 8.32 Å². The minimum Gasteiger partial charge on any atom is -0.543 e. The fourth-order valence-corrected chi connectivity index (χ4v) is 7.36. The normalized spacial score (nSPS) is 27.6. The Labute approximate surface area is 189 Å². The first-order valence-electron chi connectivity index (χ1n) is 12.2. The van der Waals surface area contributed by atoms with Crippen LogP contribution in [0.3, 0.4) is 0 Å². The summed E-state index contributed by atoms with van der Waals surface area (Å²) in [6.45, 7) is 11.5. The summed E-state index contributed by atoms with van der Waals surface area (Å²) in [7, 11) is 0.0357. The van der Waals surface area contributed by atoms with Gasteiger partial charge in [-0.25, -0.2) is 0 Å². The van der Waals surface area contributed by atoms with Crippen LogP contribution in [0.25, 0.3) is 16.5 Å². The Hall–Kier alpha value is -1.74. The third-order valence-corrected chi connectivity index (χ3v) is 13.1. The molecule has 0 atom stereocenters. The second-order valence-corrected chi connectivity index (χ2v) is 16.6. The van der Waals surface area contributed by atoms with E-state index in [1.807, 2.05) is 7.11 Å². The van der Waals surface area contributed by atoms with Crippen molar-refractivity contribution in [2.45, 2.75) is 71.0 Å². The third-order valence-electron chi connectivity index (χ3n) is 8.74. The molecule has 4 saturated carbocycles. The molecular weight excluding hydrogens is 396 g/mol. The Balaban J connectivity index is 1.47. The van der Waals surface area contributed by atoms with Crippen LogP contribution in [0.5, 0.6) is 5.75 Å². The first-order chi connectivity index (χ1) is 14.6. The van der Waals surface area contributed by atoms with Crippen LogP contribution in [0.15, 0.2) is 42.0 Å². The number of hydrogen-bond acceptors (Lipinski definition) is 2. The van der Waals surface area contributed by atoms with Crippen molar-refractivity contribution in [3.05, 3.63) is 47.5 Å². The SMILES string of the molecule is COC(=C1C2CC3CC(C2)CC1C3)c1ccc2cc(O[Si](C)(C)C(C)(C)C)ccc2c1. The van der Waals surface area contributed by atoms with E-state index in [4.69, 9.17) is 9.16 Å². The molecule has 4 fully saturated rings. The van der Waals surface area contributed by atoms with Crippen molar-refractivity contribution < 1.29 is 9.16 Å². The molecule has 0 aromatic heterocycles. The molecule has 4 aliphatic rings. The van der Waals surface area contributed by atoms with Crippen LogP contribution in [-0.4, -0.2) is 15.4 Å². The number of benzene rings is 2. The van der Waals surface area contributed by atoms with Crippen molar-refractivity contribution in [3.8, 4) is 5.75 Å². The lowest BCUT2D eigenvalue weighted by Crippen LogP contribution is -2.43. The largest absolute Gasteiger partial charge is 0.543 e. The second kappa shape index (κ2) is 7.40. The maximum absolute atomic E-state index is 6.54. The maximum atomic E-state index is 6.54. The van der Waals surface area contributed by atoms with Crippen LogP contribution < -0.4 is 4.43 Å². The zero-order valence-electron chi connectivity index (χ0n) is 20.1. The van der Waals surface area contributed by atoms with E-state index in [1.54, 1.807) is 5.57 Å². The van der Waals surface area contributed by atoms with Gasteiger partial charge in [0, 0.05) is 5.56 Å². The number of allylic oxidation sites excluding steroid dienone is 1. The second-order valence-electron chi connectivity index (χ2n) is 11.9. The molecule has 2 nitrogen and oxygen atoms in total. The van der Waals surface area contributed by atoms with Crippen LogP contribution in [0, 0.1) is 23.7 Å². The summed E-state index contributed by atoms with van der Waals surface area (Å²) < 4.78 is 12.6. The van der Waals surface area contributed by atoms with Crippen LogP contribution in [0.2, 0.25) is 18.1 Å². The molecule has 4 bridgehead atoms. The van der Waals surface area contributed by atoms with Gasteiger partial charge in [-0.15, -0.1) is 0 Å². The lowest BCUT2D eigenvalue weighted by atomic mass is 9.54. The fraction of sp³-hybridized carbons (Fsp3) is 0.571. The lowest BCUT2D eigenvalue weighted by molar-refractivity contribution is 0.0675. The minimum atomic E-state index is -1.83. The van der Waals surface area contributed by atoms with Gasteiger partial charge in [0.2, 0.25) is 8.32 Å². The molecule has 0 aliphatic heterocycles. The molecule has 166 valence electrons. The van der Waals surface area contributed by atoms with E-state index in [-0.39, 0.29) is 5.04 Å². The molecule has 3 heteroatoms. The highest BCUT2D eigenvalue weighted by Gasteiger charge is 2.46. The first kappa shape index (κ1) is 21.1. The Morgan fingerprint density at radius 2 is 1.42 bits per heavy atom. The van der Waals surface area contributed by atoms with Crippen LogP contribution in [0.1, 0.15) is 58.4 Å². The van der Waals surface area contributed by atoms with Gasteiger partial charge >= 0.3 is 0 Å². The smallest absolute Gasteiger partial charge is 0.250 e.